The summed E-state index contributed by atoms with van der Waals surface area (Å²) in [5, 5.41) is 5.50. The van der Waals surface area contributed by atoms with Crippen LogP contribution in [-0.4, -0.2) is 17.9 Å². The number of nitrogens with one attached hydrogen (secondary N) is 2. The molecule has 104 valence electrons. The van der Waals surface area contributed by atoms with Gasteiger partial charge in [-0.15, -0.1) is 0 Å². The van der Waals surface area contributed by atoms with Crippen LogP contribution in [0.25, 0.3) is 0 Å². The fourth-order valence-electron chi connectivity index (χ4n) is 1.80. The molecule has 1 atom stereocenters. The standard InChI is InChI=1S/C15H22N2O2/c1-5-12-6-8-13(9-7-12)17-15(19)14(10(2)3)16-11(4)18/h6-10,14H,5H2,1-4H3,(H,16,18)(H,17,19). The van der Waals surface area contributed by atoms with Crippen molar-refractivity contribution in [2.75, 3.05) is 5.32 Å². The van der Waals surface area contributed by atoms with Crippen LogP contribution >= 0.6 is 0 Å². The first-order valence-corrected chi connectivity index (χ1v) is 6.61. The Morgan fingerprint density at radius 3 is 2.16 bits per heavy atom. The fraction of sp³-hybridized carbons (Fsp3) is 0.467. The Bertz CT molecular complexity index is 438. The van der Waals surface area contributed by atoms with Gasteiger partial charge in [-0.25, -0.2) is 0 Å². The van der Waals surface area contributed by atoms with Crippen LogP contribution in [0.2, 0.25) is 0 Å². The molecule has 2 N–H and O–H groups in total. The van der Waals surface area contributed by atoms with Crippen molar-refractivity contribution in [3.8, 4) is 0 Å². The van der Waals surface area contributed by atoms with Gasteiger partial charge in [-0.1, -0.05) is 32.9 Å². The molecule has 0 spiro atoms. The number of benzene rings is 1. The predicted octanol–water partition coefficient (Wildman–Crippen LogP) is 2.35. The molecule has 0 aliphatic heterocycles. The number of amides is 2. The molecule has 1 unspecified atom stereocenters. The minimum absolute atomic E-state index is 0.0406. The molecular formula is C15H22N2O2. The van der Waals surface area contributed by atoms with E-state index in [1.54, 1.807) is 0 Å². The van der Waals surface area contributed by atoms with E-state index in [1.165, 1.54) is 12.5 Å². The summed E-state index contributed by atoms with van der Waals surface area (Å²) in [4.78, 5) is 23.2. The summed E-state index contributed by atoms with van der Waals surface area (Å²) in [6.07, 6.45) is 0.967. The van der Waals surface area contributed by atoms with E-state index in [-0.39, 0.29) is 17.7 Å². The minimum atomic E-state index is -0.511. The third kappa shape index (κ3) is 4.73. The molecule has 1 aromatic carbocycles. The smallest absolute Gasteiger partial charge is 0.247 e. The third-order valence-electron chi connectivity index (χ3n) is 2.94. The first kappa shape index (κ1) is 15.2. The summed E-state index contributed by atoms with van der Waals surface area (Å²) >= 11 is 0. The Morgan fingerprint density at radius 2 is 1.74 bits per heavy atom. The van der Waals surface area contributed by atoms with E-state index in [9.17, 15) is 9.59 Å². The Kier molecular flexibility index (Phi) is 5.55. The van der Waals surface area contributed by atoms with Crippen molar-refractivity contribution < 1.29 is 9.59 Å². The van der Waals surface area contributed by atoms with Gasteiger partial charge in [0.2, 0.25) is 11.8 Å². The third-order valence-corrected chi connectivity index (χ3v) is 2.94. The lowest BCUT2D eigenvalue weighted by molar-refractivity contribution is -0.126. The van der Waals surface area contributed by atoms with Gasteiger partial charge in [0.05, 0.1) is 0 Å². The highest BCUT2D eigenvalue weighted by Crippen LogP contribution is 2.12. The van der Waals surface area contributed by atoms with Crippen LogP contribution in [0.5, 0.6) is 0 Å². The van der Waals surface area contributed by atoms with Gasteiger partial charge in [0.1, 0.15) is 6.04 Å². The van der Waals surface area contributed by atoms with Gasteiger partial charge in [-0.3, -0.25) is 9.59 Å². The molecule has 0 bridgehead atoms. The molecule has 0 aliphatic carbocycles. The molecule has 0 heterocycles. The molecule has 1 aromatic rings. The van der Waals surface area contributed by atoms with Crippen molar-refractivity contribution >= 4 is 17.5 Å². The Hall–Kier alpha value is -1.84. The van der Waals surface area contributed by atoms with E-state index in [0.29, 0.717) is 0 Å². The van der Waals surface area contributed by atoms with E-state index >= 15 is 0 Å². The second kappa shape index (κ2) is 6.92. The average molecular weight is 262 g/mol. The summed E-state index contributed by atoms with van der Waals surface area (Å²) in [6, 6.07) is 7.21. The lowest BCUT2D eigenvalue weighted by Gasteiger charge is -2.21. The molecule has 0 saturated carbocycles. The number of carbonyl (C=O) groups is 2. The van der Waals surface area contributed by atoms with E-state index in [1.807, 2.05) is 38.1 Å². The summed E-state index contributed by atoms with van der Waals surface area (Å²) < 4.78 is 0. The van der Waals surface area contributed by atoms with E-state index in [4.69, 9.17) is 0 Å². The number of hydrogen-bond donors (Lipinski definition) is 2. The largest absolute Gasteiger partial charge is 0.344 e. The topological polar surface area (TPSA) is 58.2 Å². The van der Waals surface area contributed by atoms with Crippen LogP contribution in [0.1, 0.15) is 33.3 Å². The van der Waals surface area contributed by atoms with Crippen LogP contribution in [0.15, 0.2) is 24.3 Å². The number of anilines is 1. The van der Waals surface area contributed by atoms with Crippen LogP contribution in [0.3, 0.4) is 0 Å². The SMILES string of the molecule is CCc1ccc(NC(=O)C(NC(C)=O)C(C)C)cc1. The molecule has 4 heteroatoms. The number of hydrogen-bond acceptors (Lipinski definition) is 2. The quantitative estimate of drug-likeness (QED) is 0.855. The number of rotatable bonds is 5. The first-order chi connectivity index (χ1) is 8.93. The highest BCUT2D eigenvalue weighted by molar-refractivity contribution is 5.97. The number of aryl methyl sites for hydroxylation is 1. The highest BCUT2D eigenvalue weighted by Gasteiger charge is 2.22. The molecule has 0 saturated heterocycles. The fourth-order valence-corrected chi connectivity index (χ4v) is 1.80. The zero-order chi connectivity index (χ0) is 14.4. The molecule has 1 rings (SSSR count). The van der Waals surface area contributed by atoms with Crippen molar-refractivity contribution in [1.29, 1.82) is 0 Å². The van der Waals surface area contributed by atoms with Gasteiger partial charge in [0.25, 0.3) is 0 Å². The van der Waals surface area contributed by atoms with Crippen molar-refractivity contribution in [1.82, 2.24) is 5.32 Å². The Balaban J connectivity index is 2.72. The van der Waals surface area contributed by atoms with Crippen LogP contribution < -0.4 is 10.6 Å². The van der Waals surface area contributed by atoms with E-state index < -0.39 is 6.04 Å². The molecule has 0 radical (unpaired) electrons. The Morgan fingerprint density at radius 1 is 1.16 bits per heavy atom. The van der Waals surface area contributed by atoms with Gasteiger partial charge >= 0.3 is 0 Å². The number of carbonyl (C=O) groups excluding carboxylic acids is 2. The maximum absolute atomic E-state index is 12.1. The maximum atomic E-state index is 12.1. The predicted molar refractivity (Wildman–Crippen MR) is 76.9 cm³/mol. The molecule has 0 aromatic heterocycles. The van der Waals surface area contributed by atoms with Gasteiger partial charge < -0.3 is 10.6 Å². The van der Waals surface area contributed by atoms with Crippen molar-refractivity contribution in [3.05, 3.63) is 29.8 Å². The molecular weight excluding hydrogens is 240 g/mol. The summed E-state index contributed by atoms with van der Waals surface area (Å²) in [5.41, 5.74) is 1.97. The van der Waals surface area contributed by atoms with Crippen molar-refractivity contribution in [2.45, 2.75) is 40.2 Å². The van der Waals surface area contributed by atoms with Gasteiger partial charge in [-0.05, 0) is 30.0 Å². The van der Waals surface area contributed by atoms with Crippen LogP contribution in [0, 0.1) is 5.92 Å². The lowest BCUT2D eigenvalue weighted by atomic mass is 10.0. The summed E-state index contributed by atoms with van der Waals surface area (Å²) in [7, 11) is 0. The van der Waals surface area contributed by atoms with E-state index in [2.05, 4.69) is 17.6 Å². The summed E-state index contributed by atoms with van der Waals surface area (Å²) in [5.74, 6) is -0.344. The Labute approximate surface area is 114 Å². The second-order valence-electron chi connectivity index (χ2n) is 4.96. The first-order valence-electron chi connectivity index (χ1n) is 6.61. The van der Waals surface area contributed by atoms with Crippen molar-refractivity contribution in [2.24, 2.45) is 5.92 Å². The monoisotopic (exact) mass is 262 g/mol. The normalized spacial score (nSPS) is 12.1. The van der Waals surface area contributed by atoms with Crippen LogP contribution in [0.4, 0.5) is 5.69 Å². The van der Waals surface area contributed by atoms with Gasteiger partial charge in [0.15, 0.2) is 0 Å². The minimum Gasteiger partial charge on any atom is -0.344 e. The lowest BCUT2D eigenvalue weighted by Crippen LogP contribution is -2.46. The molecule has 19 heavy (non-hydrogen) atoms. The summed E-state index contributed by atoms with van der Waals surface area (Å²) in [6.45, 7) is 7.30. The highest BCUT2D eigenvalue weighted by atomic mass is 16.2. The molecule has 2 amide bonds. The van der Waals surface area contributed by atoms with E-state index in [0.717, 1.165) is 12.1 Å². The second-order valence-corrected chi connectivity index (χ2v) is 4.96. The maximum Gasteiger partial charge on any atom is 0.247 e. The zero-order valence-corrected chi connectivity index (χ0v) is 12.0. The van der Waals surface area contributed by atoms with Gasteiger partial charge in [-0.2, -0.15) is 0 Å². The van der Waals surface area contributed by atoms with Gasteiger partial charge in [0, 0.05) is 12.6 Å². The zero-order valence-electron chi connectivity index (χ0n) is 12.0. The molecule has 0 fully saturated rings. The average Bonchev–Trinajstić information content (AvgIpc) is 2.36. The van der Waals surface area contributed by atoms with Crippen LogP contribution in [-0.2, 0) is 16.0 Å². The molecule has 4 nitrogen and oxygen atoms in total. The molecule has 0 aliphatic rings. The van der Waals surface area contributed by atoms with Crippen molar-refractivity contribution in [3.63, 3.8) is 0 Å².